The molecule has 0 atom stereocenters. The Kier molecular flexibility index (Phi) is 7.66. The third-order valence-electron chi connectivity index (χ3n) is 4.16. The Bertz CT molecular complexity index is 894. The normalized spacial score (nSPS) is 10.4. The molecule has 0 fully saturated rings. The highest BCUT2D eigenvalue weighted by atomic mass is 16.5. The zero-order valence-electron chi connectivity index (χ0n) is 16.5. The molecule has 0 unspecified atom stereocenters. The van der Waals surface area contributed by atoms with Crippen LogP contribution in [0.15, 0.2) is 78.9 Å². The monoisotopic (exact) mass is 391 g/mol. The van der Waals surface area contributed by atoms with Crippen molar-refractivity contribution < 1.29 is 19.0 Å². The number of ether oxygens (including phenoxy) is 3. The van der Waals surface area contributed by atoms with Gasteiger partial charge in [0.25, 0.3) is 5.91 Å². The van der Waals surface area contributed by atoms with Crippen molar-refractivity contribution in [3.05, 3.63) is 90.0 Å². The molecule has 0 saturated heterocycles. The van der Waals surface area contributed by atoms with E-state index >= 15 is 0 Å². The lowest BCUT2D eigenvalue weighted by Gasteiger charge is -2.10. The Balaban J connectivity index is 1.52. The van der Waals surface area contributed by atoms with Gasteiger partial charge in [-0.25, -0.2) is 0 Å². The average Bonchev–Trinajstić information content (AvgIpc) is 2.77. The maximum absolute atomic E-state index is 12.5. The summed E-state index contributed by atoms with van der Waals surface area (Å²) >= 11 is 0. The van der Waals surface area contributed by atoms with Crippen molar-refractivity contribution in [3.63, 3.8) is 0 Å². The SMILES string of the molecule is CCOCCOc1cccc(C(=O)Nc2ccc(OCc3ccccc3)cc2)c1. The zero-order chi connectivity index (χ0) is 20.3. The molecule has 0 radical (unpaired) electrons. The van der Waals surface area contributed by atoms with Crippen molar-refractivity contribution in [1.82, 2.24) is 0 Å². The Labute approximate surface area is 171 Å². The second-order valence-electron chi connectivity index (χ2n) is 6.33. The maximum Gasteiger partial charge on any atom is 0.255 e. The largest absolute Gasteiger partial charge is 0.491 e. The van der Waals surface area contributed by atoms with Crippen LogP contribution in [0.3, 0.4) is 0 Å². The molecule has 0 aromatic heterocycles. The summed E-state index contributed by atoms with van der Waals surface area (Å²) in [6.45, 7) is 4.06. The number of hydrogen-bond donors (Lipinski definition) is 1. The van der Waals surface area contributed by atoms with Crippen LogP contribution in [0.4, 0.5) is 5.69 Å². The molecule has 0 aliphatic rings. The van der Waals surface area contributed by atoms with Crippen LogP contribution < -0.4 is 14.8 Å². The molecule has 150 valence electrons. The molecule has 0 saturated carbocycles. The highest BCUT2D eigenvalue weighted by molar-refractivity contribution is 6.04. The van der Waals surface area contributed by atoms with E-state index in [-0.39, 0.29) is 5.91 Å². The number of carbonyl (C=O) groups excluding carboxylic acids is 1. The first kappa shape index (κ1) is 20.4. The van der Waals surface area contributed by atoms with Crippen molar-refractivity contribution in [2.45, 2.75) is 13.5 Å². The van der Waals surface area contributed by atoms with E-state index in [1.54, 1.807) is 18.2 Å². The molecule has 3 aromatic carbocycles. The van der Waals surface area contributed by atoms with E-state index in [1.807, 2.05) is 67.6 Å². The summed E-state index contributed by atoms with van der Waals surface area (Å²) in [6, 6.07) is 24.4. The van der Waals surface area contributed by atoms with Gasteiger partial charge in [0.15, 0.2) is 0 Å². The lowest BCUT2D eigenvalue weighted by molar-refractivity contribution is 0.102. The van der Waals surface area contributed by atoms with Gasteiger partial charge in [-0.05, 0) is 55.0 Å². The lowest BCUT2D eigenvalue weighted by Crippen LogP contribution is -2.12. The molecule has 1 amide bonds. The molecule has 3 rings (SSSR count). The number of rotatable bonds is 10. The Morgan fingerprint density at radius 2 is 1.62 bits per heavy atom. The highest BCUT2D eigenvalue weighted by Gasteiger charge is 2.08. The Morgan fingerprint density at radius 1 is 0.828 bits per heavy atom. The second kappa shape index (κ2) is 10.9. The van der Waals surface area contributed by atoms with E-state index < -0.39 is 0 Å². The molecule has 0 aliphatic carbocycles. The van der Waals surface area contributed by atoms with Crippen molar-refractivity contribution in [2.75, 3.05) is 25.1 Å². The third-order valence-corrected chi connectivity index (χ3v) is 4.16. The van der Waals surface area contributed by atoms with Gasteiger partial charge in [-0.2, -0.15) is 0 Å². The molecule has 3 aromatic rings. The van der Waals surface area contributed by atoms with Crippen molar-refractivity contribution in [1.29, 1.82) is 0 Å². The van der Waals surface area contributed by atoms with Crippen LogP contribution in [0.5, 0.6) is 11.5 Å². The van der Waals surface area contributed by atoms with Crippen LogP contribution in [-0.4, -0.2) is 25.7 Å². The van der Waals surface area contributed by atoms with Gasteiger partial charge in [-0.15, -0.1) is 0 Å². The zero-order valence-corrected chi connectivity index (χ0v) is 16.5. The number of anilines is 1. The number of nitrogens with one attached hydrogen (secondary N) is 1. The summed E-state index contributed by atoms with van der Waals surface area (Å²) in [4.78, 5) is 12.5. The van der Waals surface area contributed by atoms with E-state index in [0.29, 0.717) is 43.4 Å². The predicted molar refractivity (Wildman–Crippen MR) is 114 cm³/mol. The smallest absolute Gasteiger partial charge is 0.255 e. The number of carbonyl (C=O) groups is 1. The van der Waals surface area contributed by atoms with Gasteiger partial charge in [0.1, 0.15) is 24.7 Å². The Morgan fingerprint density at radius 3 is 2.38 bits per heavy atom. The summed E-state index contributed by atoms with van der Waals surface area (Å²) < 4.78 is 16.6. The lowest BCUT2D eigenvalue weighted by atomic mass is 10.2. The molecule has 29 heavy (non-hydrogen) atoms. The molecule has 0 heterocycles. The topological polar surface area (TPSA) is 56.8 Å². The van der Waals surface area contributed by atoms with E-state index in [2.05, 4.69) is 5.32 Å². The molecule has 1 N–H and O–H groups in total. The average molecular weight is 391 g/mol. The second-order valence-corrected chi connectivity index (χ2v) is 6.33. The standard InChI is InChI=1S/C24H25NO4/c1-2-27-15-16-28-23-10-6-9-20(17-23)24(26)25-21-11-13-22(14-12-21)29-18-19-7-4-3-5-8-19/h3-14,17H,2,15-16,18H2,1H3,(H,25,26). The number of benzene rings is 3. The minimum absolute atomic E-state index is 0.196. The summed E-state index contributed by atoms with van der Waals surface area (Å²) in [7, 11) is 0. The number of hydrogen-bond acceptors (Lipinski definition) is 4. The first-order valence-electron chi connectivity index (χ1n) is 9.63. The quantitative estimate of drug-likeness (QED) is 0.498. The van der Waals surface area contributed by atoms with E-state index in [1.165, 1.54) is 0 Å². The molecule has 0 bridgehead atoms. The molecule has 5 heteroatoms. The van der Waals surface area contributed by atoms with Gasteiger partial charge in [0.2, 0.25) is 0 Å². The maximum atomic E-state index is 12.5. The van der Waals surface area contributed by atoms with Crippen LogP contribution >= 0.6 is 0 Å². The van der Waals surface area contributed by atoms with Crippen molar-refractivity contribution >= 4 is 11.6 Å². The van der Waals surface area contributed by atoms with E-state index in [4.69, 9.17) is 14.2 Å². The summed E-state index contributed by atoms with van der Waals surface area (Å²) in [5.74, 6) is 1.19. The fourth-order valence-corrected chi connectivity index (χ4v) is 2.67. The number of amides is 1. The molecular formula is C24H25NO4. The molecular weight excluding hydrogens is 366 g/mol. The van der Waals surface area contributed by atoms with Gasteiger partial charge in [-0.1, -0.05) is 36.4 Å². The van der Waals surface area contributed by atoms with Crippen molar-refractivity contribution in [2.24, 2.45) is 0 Å². The van der Waals surface area contributed by atoms with Crippen LogP contribution in [0.25, 0.3) is 0 Å². The first-order chi connectivity index (χ1) is 14.2. The van der Waals surface area contributed by atoms with Crippen LogP contribution in [-0.2, 0) is 11.3 Å². The summed E-state index contributed by atoms with van der Waals surface area (Å²) in [6.07, 6.45) is 0. The minimum atomic E-state index is -0.196. The Hall–Kier alpha value is -3.31. The van der Waals surface area contributed by atoms with E-state index in [0.717, 1.165) is 11.3 Å². The summed E-state index contributed by atoms with van der Waals surface area (Å²) in [5.41, 5.74) is 2.33. The third kappa shape index (κ3) is 6.66. The fraction of sp³-hybridized carbons (Fsp3) is 0.208. The van der Waals surface area contributed by atoms with Crippen LogP contribution in [0.1, 0.15) is 22.8 Å². The van der Waals surface area contributed by atoms with Crippen LogP contribution in [0.2, 0.25) is 0 Å². The van der Waals surface area contributed by atoms with Gasteiger partial charge in [0.05, 0.1) is 6.61 Å². The van der Waals surface area contributed by atoms with Crippen molar-refractivity contribution in [3.8, 4) is 11.5 Å². The highest BCUT2D eigenvalue weighted by Crippen LogP contribution is 2.19. The van der Waals surface area contributed by atoms with Gasteiger partial charge in [0, 0.05) is 17.9 Å². The summed E-state index contributed by atoms with van der Waals surface area (Å²) in [5, 5.41) is 2.89. The van der Waals surface area contributed by atoms with Gasteiger partial charge >= 0.3 is 0 Å². The van der Waals surface area contributed by atoms with Gasteiger partial charge in [-0.3, -0.25) is 4.79 Å². The molecule has 0 aliphatic heterocycles. The first-order valence-corrected chi connectivity index (χ1v) is 9.63. The van der Waals surface area contributed by atoms with Gasteiger partial charge < -0.3 is 19.5 Å². The predicted octanol–water partition coefficient (Wildman–Crippen LogP) is 4.93. The van der Waals surface area contributed by atoms with E-state index in [9.17, 15) is 4.79 Å². The molecule has 0 spiro atoms. The molecule has 5 nitrogen and oxygen atoms in total. The fourth-order valence-electron chi connectivity index (χ4n) is 2.67. The minimum Gasteiger partial charge on any atom is -0.491 e. The van der Waals surface area contributed by atoms with Crippen LogP contribution in [0, 0.1) is 0 Å².